The van der Waals surface area contributed by atoms with E-state index in [0.29, 0.717) is 34.9 Å². The number of ether oxygens (including phenoxy) is 1. The second-order valence-corrected chi connectivity index (χ2v) is 12.2. The summed E-state index contributed by atoms with van der Waals surface area (Å²) >= 11 is 5.98. The van der Waals surface area contributed by atoms with Crippen molar-refractivity contribution in [1.82, 2.24) is 9.62 Å². The zero-order chi connectivity index (χ0) is 28.7. The molecule has 1 saturated heterocycles. The van der Waals surface area contributed by atoms with Crippen molar-refractivity contribution in [3.05, 3.63) is 94.0 Å². The lowest BCUT2D eigenvalue weighted by atomic mass is 10.0. The summed E-state index contributed by atoms with van der Waals surface area (Å²) in [7, 11) is -3.90. The van der Waals surface area contributed by atoms with Crippen molar-refractivity contribution in [2.45, 2.75) is 63.1 Å². The van der Waals surface area contributed by atoms with Crippen molar-refractivity contribution in [1.29, 1.82) is 0 Å². The molecule has 0 bridgehead atoms. The van der Waals surface area contributed by atoms with E-state index in [1.54, 1.807) is 47.4 Å². The molecule has 1 aliphatic heterocycles. The van der Waals surface area contributed by atoms with Crippen molar-refractivity contribution in [3.63, 3.8) is 0 Å². The molecular formula is C30H33ClN2O6S. The van der Waals surface area contributed by atoms with Crippen LogP contribution in [0.5, 0.6) is 5.75 Å². The molecule has 1 heterocycles. The molecule has 40 heavy (non-hydrogen) atoms. The number of likely N-dealkylation sites (tertiary alicyclic amines) is 1. The number of hydrogen-bond donors (Lipinski definition) is 2. The minimum atomic E-state index is -3.90. The Morgan fingerprint density at radius 1 is 1.02 bits per heavy atom. The molecule has 212 valence electrons. The van der Waals surface area contributed by atoms with Gasteiger partial charge in [0.05, 0.1) is 11.3 Å². The first kappa shape index (κ1) is 29.6. The second kappa shape index (κ2) is 13.3. The van der Waals surface area contributed by atoms with Crippen molar-refractivity contribution in [2.24, 2.45) is 0 Å². The Bertz CT molecular complexity index is 1440. The molecule has 0 saturated carbocycles. The Morgan fingerprint density at radius 3 is 2.42 bits per heavy atom. The van der Waals surface area contributed by atoms with Gasteiger partial charge < -0.3 is 14.7 Å². The predicted molar refractivity (Wildman–Crippen MR) is 153 cm³/mol. The molecule has 0 radical (unpaired) electrons. The Labute approximate surface area is 240 Å². The second-order valence-electron chi connectivity index (χ2n) is 10.0. The SMILES string of the molecule is Cc1ccc(S(=O)(=O)N[C@H]2CCCCCN(Cc3cc(CC(=O)O)ccc3OCc3ccc(Cl)cc3)C2=O)cc1. The third kappa shape index (κ3) is 8.06. The number of sulfonamides is 1. The lowest BCUT2D eigenvalue weighted by Crippen LogP contribution is -2.49. The minimum absolute atomic E-state index is 0.110. The molecule has 2 N–H and O–H groups in total. The van der Waals surface area contributed by atoms with Crippen LogP contribution in [0, 0.1) is 6.92 Å². The number of nitrogens with one attached hydrogen (secondary N) is 1. The molecule has 4 rings (SSSR count). The lowest BCUT2D eigenvalue weighted by Gasteiger charge is -2.30. The lowest BCUT2D eigenvalue weighted by molar-refractivity contribution is -0.136. The van der Waals surface area contributed by atoms with Gasteiger partial charge in [-0.3, -0.25) is 9.59 Å². The Morgan fingerprint density at radius 2 is 1.73 bits per heavy atom. The van der Waals surface area contributed by atoms with Gasteiger partial charge in [0.2, 0.25) is 15.9 Å². The van der Waals surface area contributed by atoms with E-state index in [9.17, 15) is 23.1 Å². The number of carboxylic acid groups (broad SMARTS) is 1. The van der Waals surface area contributed by atoms with Gasteiger partial charge in [0.25, 0.3) is 0 Å². The third-order valence-electron chi connectivity index (χ3n) is 6.81. The monoisotopic (exact) mass is 584 g/mol. The van der Waals surface area contributed by atoms with Gasteiger partial charge in [-0.2, -0.15) is 4.72 Å². The molecule has 1 amide bonds. The number of hydrogen-bond acceptors (Lipinski definition) is 5. The summed E-state index contributed by atoms with van der Waals surface area (Å²) in [5, 5.41) is 9.93. The van der Waals surface area contributed by atoms with Gasteiger partial charge in [0, 0.05) is 23.7 Å². The first-order valence-electron chi connectivity index (χ1n) is 13.2. The van der Waals surface area contributed by atoms with Crippen molar-refractivity contribution < 1.29 is 27.9 Å². The van der Waals surface area contributed by atoms with Crippen LogP contribution in [-0.2, 0) is 39.2 Å². The number of carboxylic acids is 1. The van der Waals surface area contributed by atoms with Crippen molar-refractivity contribution >= 4 is 33.5 Å². The van der Waals surface area contributed by atoms with Crippen LogP contribution in [0.3, 0.4) is 0 Å². The van der Waals surface area contributed by atoms with Gasteiger partial charge in [0.15, 0.2) is 0 Å². The van der Waals surface area contributed by atoms with E-state index in [4.69, 9.17) is 16.3 Å². The zero-order valence-corrected chi connectivity index (χ0v) is 23.9. The highest BCUT2D eigenvalue weighted by Crippen LogP contribution is 2.26. The van der Waals surface area contributed by atoms with Gasteiger partial charge in [0.1, 0.15) is 18.4 Å². The van der Waals surface area contributed by atoms with E-state index in [0.717, 1.165) is 30.4 Å². The molecule has 0 aliphatic carbocycles. The highest BCUT2D eigenvalue weighted by Gasteiger charge is 2.31. The van der Waals surface area contributed by atoms with E-state index >= 15 is 0 Å². The van der Waals surface area contributed by atoms with E-state index in [2.05, 4.69) is 4.72 Å². The van der Waals surface area contributed by atoms with Gasteiger partial charge in [-0.15, -0.1) is 0 Å². The average Bonchev–Trinajstić information content (AvgIpc) is 2.90. The maximum Gasteiger partial charge on any atom is 0.307 e. The van der Waals surface area contributed by atoms with E-state index in [1.165, 1.54) is 12.1 Å². The maximum absolute atomic E-state index is 13.7. The fourth-order valence-electron chi connectivity index (χ4n) is 4.65. The normalized spacial score (nSPS) is 16.3. The van der Waals surface area contributed by atoms with E-state index < -0.39 is 22.0 Å². The fraction of sp³-hybridized carbons (Fsp3) is 0.333. The first-order valence-corrected chi connectivity index (χ1v) is 15.1. The Balaban J connectivity index is 1.57. The van der Waals surface area contributed by atoms with Crippen LogP contribution in [0.2, 0.25) is 5.02 Å². The summed E-state index contributed by atoms with van der Waals surface area (Å²) in [5.41, 5.74) is 3.07. The summed E-state index contributed by atoms with van der Waals surface area (Å²) in [6.07, 6.45) is 2.57. The van der Waals surface area contributed by atoms with Gasteiger partial charge >= 0.3 is 5.97 Å². The van der Waals surface area contributed by atoms with E-state index in [1.807, 2.05) is 19.1 Å². The molecule has 3 aromatic carbocycles. The summed E-state index contributed by atoms with van der Waals surface area (Å²) in [4.78, 5) is 26.8. The standard InChI is InChI=1S/C30H33ClN2O6S/c1-21-6-13-26(14-7-21)40(37,38)32-27-5-3-2-4-16-33(30(27)36)19-24-17-23(18-29(34)35)10-15-28(24)39-20-22-8-11-25(31)12-9-22/h6-15,17,27,32H,2-5,16,18-20H2,1H3,(H,34,35)/t27-/m0/s1. The predicted octanol–water partition coefficient (Wildman–Crippen LogP) is 5.10. The number of halogens is 1. The molecule has 1 fully saturated rings. The number of carbonyl (C=O) groups excluding carboxylic acids is 1. The molecule has 0 spiro atoms. The number of amides is 1. The quantitative estimate of drug-likeness (QED) is 0.343. The molecule has 10 heteroatoms. The summed E-state index contributed by atoms with van der Waals surface area (Å²) in [5.74, 6) is -0.757. The number of aliphatic carboxylic acids is 1. The number of benzene rings is 3. The third-order valence-corrected chi connectivity index (χ3v) is 8.55. The molecule has 1 atom stereocenters. The minimum Gasteiger partial charge on any atom is -0.489 e. The van der Waals surface area contributed by atoms with Crippen LogP contribution < -0.4 is 9.46 Å². The van der Waals surface area contributed by atoms with Crippen molar-refractivity contribution in [3.8, 4) is 5.75 Å². The van der Waals surface area contributed by atoms with Crippen LogP contribution in [0.4, 0.5) is 0 Å². The zero-order valence-electron chi connectivity index (χ0n) is 22.3. The maximum atomic E-state index is 13.7. The molecule has 0 aromatic heterocycles. The van der Waals surface area contributed by atoms with Crippen LogP contribution in [0.15, 0.2) is 71.6 Å². The summed E-state index contributed by atoms with van der Waals surface area (Å²) < 4.78 is 34.9. The number of aryl methyl sites for hydroxylation is 1. The van der Waals surface area contributed by atoms with E-state index in [-0.39, 0.29) is 30.4 Å². The number of carbonyl (C=O) groups is 2. The molecule has 0 unspecified atom stereocenters. The van der Waals surface area contributed by atoms with Gasteiger partial charge in [-0.05, 0) is 67.3 Å². The summed E-state index contributed by atoms with van der Waals surface area (Å²) in [6.45, 7) is 2.74. The van der Waals surface area contributed by atoms with Crippen LogP contribution in [0.25, 0.3) is 0 Å². The fourth-order valence-corrected chi connectivity index (χ4v) is 6.00. The number of rotatable bonds is 10. The Hall–Kier alpha value is -3.40. The van der Waals surface area contributed by atoms with Crippen LogP contribution in [-0.4, -0.2) is 42.9 Å². The van der Waals surface area contributed by atoms with Crippen LogP contribution in [0.1, 0.15) is 47.9 Å². The molecular weight excluding hydrogens is 552 g/mol. The van der Waals surface area contributed by atoms with Crippen LogP contribution >= 0.6 is 11.6 Å². The largest absolute Gasteiger partial charge is 0.489 e. The number of nitrogens with zero attached hydrogens (tertiary/aromatic N) is 1. The molecule has 1 aliphatic rings. The van der Waals surface area contributed by atoms with Crippen molar-refractivity contribution in [2.75, 3.05) is 6.54 Å². The summed E-state index contributed by atoms with van der Waals surface area (Å²) in [6, 6.07) is 18.0. The van der Waals surface area contributed by atoms with Gasteiger partial charge in [-0.25, -0.2) is 8.42 Å². The van der Waals surface area contributed by atoms with Gasteiger partial charge in [-0.1, -0.05) is 60.3 Å². The first-order chi connectivity index (χ1) is 19.1. The smallest absolute Gasteiger partial charge is 0.307 e. The topological polar surface area (TPSA) is 113 Å². The highest BCUT2D eigenvalue weighted by atomic mass is 35.5. The highest BCUT2D eigenvalue weighted by molar-refractivity contribution is 7.89. The molecule has 3 aromatic rings. The Kier molecular flexibility index (Phi) is 9.84. The average molecular weight is 585 g/mol. The molecule has 8 nitrogen and oxygen atoms in total.